The number of nitrogen functional groups attached to an aromatic ring is 1. The van der Waals surface area contributed by atoms with E-state index in [0.717, 1.165) is 14.6 Å². The van der Waals surface area contributed by atoms with Gasteiger partial charge in [0.25, 0.3) is 5.91 Å². The van der Waals surface area contributed by atoms with Gasteiger partial charge in [-0.25, -0.2) is 0 Å². The number of carbonyl (C=O) groups is 1. The fourth-order valence-corrected chi connectivity index (χ4v) is 4.52. The molecule has 3 nitrogen and oxygen atoms in total. The number of rotatable bonds is 3. The fraction of sp³-hybridized carbons (Fsp3) is 0.133. The molecule has 0 spiro atoms. The van der Waals surface area contributed by atoms with Crippen LogP contribution in [0.2, 0.25) is 0 Å². The van der Waals surface area contributed by atoms with Gasteiger partial charge >= 0.3 is 0 Å². The van der Waals surface area contributed by atoms with E-state index in [4.69, 9.17) is 5.73 Å². The number of hydrogen-bond acceptors (Lipinski definition) is 4. The highest BCUT2D eigenvalue weighted by Crippen LogP contribution is 2.35. The number of anilines is 1. The lowest BCUT2D eigenvalue weighted by Crippen LogP contribution is -2.22. The van der Waals surface area contributed by atoms with Crippen molar-refractivity contribution in [3.8, 4) is 0 Å². The van der Waals surface area contributed by atoms with Crippen molar-refractivity contribution in [1.29, 1.82) is 0 Å². The van der Waals surface area contributed by atoms with Crippen molar-refractivity contribution < 1.29 is 4.79 Å². The van der Waals surface area contributed by atoms with E-state index >= 15 is 0 Å². The Labute approximate surface area is 138 Å². The first kappa shape index (κ1) is 14.6. The Kier molecular flexibility index (Phi) is 4.01. The predicted octanol–water partition coefficient (Wildman–Crippen LogP) is 4.55. The van der Waals surface area contributed by atoms with Crippen molar-refractivity contribution in [3.05, 3.63) is 49.4 Å². The quantitative estimate of drug-likeness (QED) is 0.700. The normalized spacial score (nSPS) is 11.0. The summed E-state index contributed by atoms with van der Waals surface area (Å²) < 4.78 is 2.00. The third-order valence-corrected chi connectivity index (χ3v) is 5.96. The van der Waals surface area contributed by atoms with Crippen LogP contribution in [0.4, 0.5) is 5.69 Å². The minimum Gasteiger partial charge on any atom is -0.397 e. The van der Waals surface area contributed by atoms with E-state index in [0.29, 0.717) is 17.1 Å². The Morgan fingerprint density at radius 3 is 2.90 bits per heavy atom. The highest BCUT2D eigenvalue weighted by molar-refractivity contribution is 9.10. The molecule has 0 radical (unpaired) electrons. The molecule has 0 aliphatic heterocycles. The maximum atomic E-state index is 12.3. The van der Waals surface area contributed by atoms with Gasteiger partial charge in [-0.15, -0.1) is 22.7 Å². The second-order valence-corrected chi connectivity index (χ2v) is 7.66. The van der Waals surface area contributed by atoms with E-state index in [2.05, 4.69) is 27.3 Å². The number of thiophene rings is 2. The van der Waals surface area contributed by atoms with Crippen molar-refractivity contribution in [2.24, 2.45) is 0 Å². The highest BCUT2D eigenvalue weighted by Gasteiger charge is 2.16. The zero-order chi connectivity index (χ0) is 15.0. The van der Waals surface area contributed by atoms with Gasteiger partial charge in [0.1, 0.15) is 4.88 Å². The summed E-state index contributed by atoms with van der Waals surface area (Å²) >= 11 is 6.51. The maximum Gasteiger partial charge on any atom is 0.263 e. The molecule has 2 heterocycles. The summed E-state index contributed by atoms with van der Waals surface area (Å²) in [6.45, 7) is 2.59. The molecule has 1 aromatic carbocycles. The van der Waals surface area contributed by atoms with Crippen molar-refractivity contribution >= 4 is 60.3 Å². The van der Waals surface area contributed by atoms with E-state index in [1.54, 1.807) is 11.3 Å². The van der Waals surface area contributed by atoms with Gasteiger partial charge in [-0.3, -0.25) is 4.79 Å². The smallest absolute Gasteiger partial charge is 0.263 e. The molecule has 0 bridgehead atoms. The Morgan fingerprint density at radius 2 is 2.19 bits per heavy atom. The van der Waals surface area contributed by atoms with Gasteiger partial charge in [0.05, 0.1) is 12.2 Å². The van der Waals surface area contributed by atoms with E-state index in [-0.39, 0.29) is 5.91 Å². The molecule has 3 aromatic rings. The number of hydrogen-bond donors (Lipinski definition) is 2. The van der Waals surface area contributed by atoms with Crippen LogP contribution in [0.5, 0.6) is 0 Å². The molecule has 3 N–H and O–H groups in total. The minimum atomic E-state index is -0.113. The number of benzene rings is 1. The number of aryl methyl sites for hydroxylation is 1. The van der Waals surface area contributed by atoms with Crippen molar-refractivity contribution in [1.82, 2.24) is 5.32 Å². The molecule has 0 fully saturated rings. The van der Waals surface area contributed by atoms with Gasteiger partial charge in [-0.05, 0) is 36.1 Å². The molecular weight excluding hydrogens is 368 g/mol. The first-order valence-corrected chi connectivity index (χ1v) is 8.84. The summed E-state index contributed by atoms with van der Waals surface area (Å²) in [5.74, 6) is -0.113. The summed E-state index contributed by atoms with van der Waals surface area (Å²) in [4.78, 5) is 14.1. The number of nitrogens with one attached hydrogen (secondary N) is 1. The summed E-state index contributed by atoms with van der Waals surface area (Å²) in [5, 5.41) is 5.91. The summed E-state index contributed by atoms with van der Waals surface area (Å²) in [5.41, 5.74) is 7.87. The molecule has 0 saturated carbocycles. The Hall–Kier alpha value is -1.37. The molecule has 1 amide bonds. The second kappa shape index (κ2) is 5.79. The SMILES string of the molecule is Cc1ccsc1CNC(=O)c1sc2cc(Br)ccc2c1N. The van der Waals surface area contributed by atoms with E-state index in [9.17, 15) is 4.79 Å². The number of fused-ring (bicyclic) bond motifs is 1. The lowest BCUT2D eigenvalue weighted by molar-refractivity contribution is 0.0956. The molecule has 21 heavy (non-hydrogen) atoms. The van der Waals surface area contributed by atoms with Crippen molar-refractivity contribution in [2.45, 2.75) is 13.5 Å². The first-order chi connectivity index (χ1) is 10.1. The number of halogens is 1. The van der Waals surface area contributed by atoms with Gasteiger partial charge in [-0.1, -0.05) is 22.0 Å². The van der Waals surface area contributed by atoms with Gasteiger partial charge in [0.15, 0.2) is 0 Å². The molecule has 0 saturated heterocycles. The minimum absolute atomic E-state index is 0.113. The number of amides is 1. The van der Waals surface area contributed by atoms with Crippen LogP contribution < -0.4 is 11.1 Å². The first-order valence-electron chi connectivity index (χ1n) is 6.35. The zero-order valence-electron chi connectivity index (χ0n) is 11.3. The Morgan fingerprint density at radius 1 is 1.38 bits per heavy atom. The summed E-state index contributed by atoms with van der Waals surface area (Å²) in [6.07, 6.45) is 0. The molecule has 0 atom stereocenters. The Balaban J connectivity index is 1.84. The van der Waals surface area contributed by atoms with E-state index < -0.39 is 0 Å². The summed E-state index contributed by atoms with van der Waals surface area (Å²) in [7, 11) is 0. The van der Waals surface area contributed by atoms with E-state index in [1.807, 2.05) is 30.5 Å². The average Bonchev–Trinajstić information content (AvgIpc) is 3.00. The van der Waals surface area contributed by atoms with Gasteiger partial charge in [0, 0.05) is 19.4 Å². The van der Waals surface area contributed by atoms with Crippen molar-refractivity contribution in [2.75, 3.05) is 5.73 Å². The van der Waals surface area contributed by atoms with Gasteiger partial charge in [-0.2, -0.15) is 0 Å². The third kappa shape index (κ3) is 2.84. The third-order valence-electron chi connectivity index (χ3n) is 3.27. The van der Waals surface area contributed by atoms with Crippen LogP contribution in [0, 0.1) is 6.92 Å². The van der Waals surface area contributed by atoms with Crippen LogP contribution >= 0.6 is 38.6 Å². The van der Waals surface area contributed by atoms with E-state index in [1.165, 1.54) is 21.8 Å². The largest absolute Gasteiger partial charge is 0.397 e. The lowest BCUT2D eigenvalue weighted by atomic mass is 10.2. The fourth-order valence-electron chi connectivity index (χ4n) is 2.09. The van der Waals surface area contributed by atoms with Crippen molar-refractivity contribution in [3.63, 3.8) is 0 Å². The standard InChI is InChI=1S/C15H13BrN2OS2/c1-8-4-5-20-12(8)7-18-15(19)14-13(17)10-3-2-9(16)6-11(10)21-14/h2-6H,7,17H2,1H3,(H,18,19). The van der Waals surface area contributed by atoms with Gasteiger partial charge < -0.3 is 11.1 Å². The maximum absolute atomic E-state index is 12.3. The molecule has 0 aliphatic carbocycles. The van der Waals surface area contributed by atoms with Crippen LogP contribution in [0.1, 0.15) is 20.1 Å². The zero-order valence-corrected chi connectivity index (χ0v) is 14.5. The molecule has 2 aromatic heterocycles. The Bertz CT molecular complexity index is 822. The predicted molar refractivity (Wildman–Crippen MR) is 94.2 cm³/mol. The summed E-state index contributed by atoms with van der Waals surface area (Å²) in [6, 6.07) is 7.90. The van der Waals surface area contributed by atoms with Crippen LogP contribution in [0.3, 0.4) is 0 Å². The topological polar surface area (TPSA) is 55.1 Å². The molecule has 3 rings (SSSR count). The average molecular weight is 381 g/mol. The lowest BCUT2D eigenvalue weighted by Gasteiger charge is -2.03. The van der Waals surface area contributed by atoms with Crippen LogP contribution in [0.25, 0.3) is 10.1 Å². The number of nitrogens with two attached hydrogens (primary N) is 1. The van der Waals surface area contributed by atoms with Gasteiger partial charge in [0.2, 0.25) is 0 Å². The monoisotopic (exact) mass is 380 g/mol. The van der Waals surface area contributed by atoms with Crippen LogP contribution in [-0.4, -0.2) is 5.91 Å². The molecular formula is C15H13BrN2OS2. The molecule has 108 valence electrons. The number of carbonyl (C=O) groups excluding carboxylic acids is 1. The highest BCUT2D eigenvalue weighted by atomic mass is 79.9. The van der Waals surface area contributed by atoms with Crippen LogP contribution in [-0.2, 0) is 6.54 Å². The molecule has 0 aliphatic rings. The molecule has 6 heteroatoms. The molecule has 0 unspecified atom stereocenters. The second-order valence-electron chi connectivity index (χ2n) is 4.69. The van der Waals surface area contributed by atoms with Crippen LogP contribution in [0.15, 0.2) is 34.1 Å².